The zero-order valence-electron chi connectivity index (χ0n) is 12.1. The summed E-state index contributed by atoms with van der Waals surface area (Å²) in [6, 6.07) is 3.57. The largest absolute Gasteiger partial charge is 0.312 e. The van der Waals surface area contributed by atoms with Crippen molar-refractivity contribution in [1.29, 1.82) is 0 Å². The minimum absolute atomic E-state index is 0.000684. The molecule has 7 heteroatoms. The quantitative estimate of drug-likeness (QED) is 0.889. The van der Waals surface area contributed by atoms with E-state index in [4.69, 9.17) is 11.6 Å². The third-order valence-electron chi connectivity index (χ3n) is 3.99. The average molecular weight is 335 g/mol. The number of hydrogen-bond acceptors (Lipinski definition) is 3. The molecule has 1 atom stereocenters. The Kier molecular flexibility index (Phi) is 4.92. The molecular weight excluding hydrogens is 315 g/mol. The van der Waals surface area contributed by atoms with Crippen LogP contribution < -0.4 is 10.0 Å². The Morgan fingerprint density at radius 2 is 2.19 bits per heavy atom. The summed E-state index contributed by atoms with van der Waals surface area (Å²) in [6.07, 6.45) is 2.10. The summed E-state index contributed by atoms with van der Waals surface area (Å²) >= 11 is 5.64. The normalized spacial score (nSPS) is 22.2. The molecule has 0 radical (unpaired) electrons. The van der Waals surface area contributed by atoms with E-state index in [0.717, 1.165) is 25.5 Å². The SMILES string of the molecule is CC1(C)CCCNC1CNS(=O)(=O)c1ccc(Cl)cc1F. The summed E-state index contributed by atoms with van der Waals surface area (Å²) in [5.74, 6) is -0.842. The molecule has 0 aromatic heterocycles. The van der Waals surface area contributed by atoms with Crippen LogP contribution in [-0.4, -0.2) is 27.5 Å². The van der Waals surface area contributed by atoms with Crippen molar-refractivity contribution >= 4 is 21.6 Å². The molecule has 2 rings (SSSR count). The van der Waals surface area contributed by atoms with Crippen LogP contribution in [0.25, 0.3) is 0 Å². The van der Waals surface area contributed by atoms with E-state index in [9.17, 15) is 12.8 Å². The van der Waals surface area contributed by atoms with Gasteiger partial charge in [0.2, 0.25) is 10.0 Å². The van der Waals surface area contributed by atoms with Crippen LogP contribution in [0, 0.1) is 11.2 Å². The lowest BCUT2D eigenvalue weighted by atomic mass is 9.78. The van der Waals surface area contributed by atoms with Gasteiger partial charge in [0.1, 0.15) is 10.7 Å². The number of nitrogens with one attached hydrogen (secondary N) is 2. The van der Waals surface area contributed by atoms with Crippen molar-refractivity contribution in [3.05, 3.63) is 29.0 Å². The van der Waals surface area contributed by atoms with Gasteiger partial charge in [0.15, 0.2) is 0 Å². The summed E-state index contributed by atoms with van der Waals surface area (Å²) < 4.78 is 40.6. The van der Waals surface area contributed by atoms with Gasteiger partial charge in [0.05, 0.1) is 0 Å². The summed E-state index contributed by atoms with van der Waals surface area (Å²) in [5.41, 5.74) is -0.000684. The molecule has 0 aliphatic carbocycles. The van der Waals surface area contributed by atoms with Gasteiger partial charge >= 0.3 is 0 Å². The number of benzene rings is 1. The molecule has 4 nitrogen and oxygen atoms in total. The van der Waals surface area contributed by atoms with Crippen molar-refractivity contribution in [2.24, 2.45) is 5.41 Å². The molecule has 1 aliphatic rings. The second-order valence-electron chi connectivity index (χ2n) is 6.03. The molecule has 0 saturated carbocycles. The molecule has 0 spiro atoms. The fraction of sp³-hybridized carbons (Fsp3) is 0.571. The lowest BCUT2D eigenvalue weighted by molar-refractivity contribution is 0.181. The smallest absolute Gasteiger partial charge is 0.243 e. The highest BCUT2D eigenvalue weighted by Gasteiger charge is 2.33. The molecule has 118 valence electrons. The Balaban J connectivity index is 2.11. The second kappa shape index (κ2) is 6.20. The van der Waals surface area contributed by atoms with Crippen LogP contribution in [-0.2, 0) is 10.0 Å². The molecule has 2 N–H and O–H groups in total. The molecule has 0 bridgehead atoms. The van der Waals surface area contributed by atoms with Gasteiger partial charge in [0.25, 0.3) is 0 Å². The van der Waals surface area contributed by atoms with Gasteiger partial charge in [-0.25, -0.2) is 17.5 Å². The Hall–Kier alpha value is -0.690. The van der Waals surface area contributed by atoms with E-state index in [1.165, 1.54) is 12.1 Å². The Labute approximate surface area is 130 Å². The van der Waals surface area contributed by atoms with Crippen molar-refractivity contribution in [3.8, 4) is 0 Å². The minimum Gasteiger partial charge on any atom is -0.312 e. The first-order valence-corrected chi connectivity index (χ1v) is 8.76. The van der Waals surface area contributed by atoms with E-state index in [0.29, 0.717) is 0 Å². The number of sulfonamides is 1. The zero-order valence-corrected chi connectivity index (χ0v) is 13.7. The topological polar surface area (TPSA) is 58.2 Å². The van der Waals surface area contributed by atoms with E-state index >= 15 is 0 Å². The van der Waals surface area contributed by atoms with E-state index in [1.54, 1.807) is 0 Å². The van der Waals surface area contributed by atoms with E-state index in [1.807, 2.05) is 0 Å². The predicted molar refractivity (Wildman–Crippen MR) is 81.4 cm³/mol. The van der Waals surface area contributed by atoms with Crippen LogP contribution in [0.1, 0.15) is 26.7 Å². The Morgan fingerprint density at radius 3 is 2.81 bits per heavy atom. The van der Waals surface area contributed by atoms with Gasteiger partial charge in [-0.2, -0.15) is 0 Å². The molecule has 1 aliphatic heterocycles. The van der Waals surface area contributed by atoms with Crippen molar-refractivity contribution in [1.82, 2.24) is 10.0 Å². The fourth-order valence-corrected chi connectivity index (χ4v) is 3.85. The Morgan fingerprint density at radius 1 is 1.48 bits per heavy atom. The van der Waals surface area contributed by atoms with Crippen molar-refractivity contribution < 1.29 is 12.8 Å². The standard InChI is InChI=1S/C14H20ClFN2O2S/c1-14(2)6-3-7-17-13(14)9-18-21(19,20)12-5-4-10(15)8-11(12)16/h4-5,8,13,17-18H,3,6-7,9H2,1-2H3. The highest BCUT2D eigenvalue weighted by molar-refractivity contribution is 7.89. The average Bonchev–Trinajstić information content (AvgIpc) is 2.36. The maximum Gasteiger partial charge on any atom is 0.243 e. The van der Waals surface area contributed by atoms with Gasteiger partial charge in [-0.05, 0) is 43.0 Å². The van der Waals surface area contributed by atoms with Gasteiger partial charge < -0.3 is 5.32 Å². The van der Waals surface area contributed by atoms with E-state index < -0.39 is 15.8 Å². The highest BCUT2D eigenvalue weighted by Crippen LogP contribution is 2.30. The maximum atomic E-state index is 13.7. The molecule has 1 saturated heterocycles. The van der Waals surface area contributed by atoms with E-state index in [-0.39, 0.29) is 27.9 Å². The first-order chi connectivity index (χ1) is 9.72. The first kappa shape index (κ1) is 16.7. The van der Waals surface area contributed by atoms with Crippen LogP contribution in [0.3, 0.4) is 0 Å². The lowest BCUT2D eigenvalue weighted by Crippen LogP contribution is -2.52. The predicted octanol–water partition coefficient (Wildman–Crippen LogP) is 2.54. The number of rotatable bonds is 4. The van der Waals surface area contributed by atoms with Crippen LogP contribution in [0.4, 0.5) is 4.39 Å². The van der Waals surface area contributed by atoms with Crippen LogP contribution >= 0.6 is 11.6 Å². The van der Waals surface area contributed by atoms with Gasteiger partial charge in [-0.3, -0.25) is 0 Å². The summed E-state index contributed by atoms with van der Waals surface area (Å²) in [7, 11) is -3.88. The Bertz CT molecular complexity index is 619. The second-order valence-corrected chi connectivity index (χ2v) is 8.20. The van der Waals surface area contributed by atoms with Gasteiger partial charge in [0, 0.05) is 17.6 Å². The lowest BCUT2D eigenvalue weighted by Gasteiger charge is -2.39. The third kappa shape index (κ3) is 3.94. The molecule has 1 aromatic rings. The van der Waals surface area contributed by atoms with E-state index in [2.05, 4.69) is 23.9 Å². The molecular formula is C14H20ClFN2O2S. The van der Waals surface area contributed by atoms with Gasteiger partial charge in [-0.1, -0.05) is 25.4 Å². The summed E-state index contributed by atoms with van der Waals surface area (Å²) in [4.78, 5) is -0.375. The van der Waals surface area contributed by atoms with Crippen molar-refractivity contribution in [2.75, 3.05) is 13.1 Å². The number of halogens is 2. The van der Waals surface area contributed by atoms with Crippen molar-refractivity contribution in [2.45, 2.75) is 37.6 Å². The van der Waals surface area contributed by atoms with Gasteiger partial charge in [-0.15, -0.1) is 0 Å². The number of hydrogen-bond donors (Lipinski definition) is 2. The molecule has 21 heavy (non-hydrogen) atoms. The van der Waals surface area contributed by atoms with Crippen LogP contribution in [0.15, 0.2) is 23.1 Å². The molecule has 1 aromatic carbocycles. The fourth-order valence-electron chi connectivity index (χ4n) is 2.58. The summed E-state index contributed by atoms with van der Waals surface area (Å²) in [6.45, 7) is 5.30. The third-order valence-corrected chi connectivity index (χ3v) is 5.68. The molecule has 1 unspecified atom stereocenters. The molecule has 1 fully saturated rings. The maximum absolute atomic E-state index is 13.7. The summed E-state index contributed by atoms with van der Waals surface area (Å²) in [5, 5.41) is 3.48. The first-order valence-electron chi connectivity index (χ1n) is 6.90. The van der Waals surface area contributed by atoms with Crippen LogP contribution in [0.5, 0.6) is 0 Å². The minimum atomic E-state index is -3.88. The molecule has 1 heterocycles. The zero-order chi connectivity index (χ0) is 15.7. The monoisotopic (exact) mass is 334 g/mol. The molecule has 0 amide bonds. The van der Waals surface area contributed by atoms with Crippen LogP contribution in [0.2, 0.25) is 5.02 Å². The van der Waals surface area contributed by atoms with Crippen molar-refractivity contribution in [3.63, 3.8) is 0 Å². The highest BCUT2D eigenvalue weighted by atomic mass is 35.5. The number of piperidine rings is 1.